The molecule has 0 radical (unpaired) electrons. The van der Waals surface area contributed by atoms with Crippen molar-refractivity contribution in [2.75, 3.05) is 18.0 Å². The molecule has 4 rings (SSSR count). The number of piperidine rings is 1. The zero-order chi connectivity index (χ0) is 24.8. The Morgan fingerprint density at radius 2 is 1.71 bits per heavy atom. The van der Waals surface area contributed by atoms with Gasteiger partial charge in [0.25, 0.3) is 0 Å². The molecule has 1 aliphatic rings. The summed E-state index contributed by atoms with van der Waals surface area (Å²) < 4.78 is 44.3. The monoisotopic (exact) mass is 484 g/mol. The summed E-state index contributed by atoms with van der Waals surface area (Å²) in [4.78, 5) is 15.3. The van der Waals surface area contributed by atoms with Crippen molar-refractivity contribution in [1.29, 1.82) is 0 Å². The first-order valence-corrected chi connectivity index (χ1v) is 13.4. The summed E-state index contributed by atoms with van der Waals surface area (Å²) in [5.41, 5.74) is 1.74. The minimum Gasteiger partial charge on any atom is -0.369 e. The summed E-state index contributed by atoms with van der Waals surface area (Å²) in [6.07, 6.45) is 3.28. The van der Waals surface area contributed by atoms with Crippen molar-refractivity contribution in [1.82, 2.24) is 4.57 Å². The predicted molar refractivity (Wildman–Crippen MR) is 135 cm³/mol. The largest absolute Gasteiger partial charge is 0.369 e. The molecule has 1 saturated heterocycles. The van der Waals surface area contributed by atoms with E-state index >= 15 is 4.39 Å². The average Bonchev–Trinajstić information content (AvgIpc) is 2.76. The van der Waals surface area contributed by atoms with Crippen LogP contribution >= 0.6 is 0 Å². The van der Waals surface area contributed by atoms with E-state index < -0.39 is 21.1 Å². The van der Waals surface area contributed by atoms with E-state index in [1.165, 1.54) is 12.3 Å². The van der Waals surface area contributed by atoms with Gasteiger partial charge >= 0.3 is 0 Å². The maximum absolute atomic E-state index is 15.4. The molecule has 1 fully saturated rings. The van der Waals surface area contributed by atoms with Gasteiger partial charge in [-0.25, -0.2) is 12.8 Å². The molecule has 1 aromatic heterocycles. The molecule has 0 amide bonds. The molecule has 5 nitrogen and oxygen atoms in total. The standard InChI is InChI=1S/C27H33FN2O3S/c1-6-9-29-16-26(34(32,33)25-11-17(2)7-8-20(25)5)27(31)21-12-22(28)24(13-23(21)29)30-14-18(3)10-19(4)15-30/h7-8,11-13,16,18-19H,6,9-10,14-15H2,1-5H3. The van der Waals surface area contributed by atoms with Crippen LogP contribution in [-0.4, -0.2) is 26.1 Å². The molecule has 2 atom stereocenters. The van der Waals surface area contributed by atoms with Crippen LogP contribution in [0.25, 0.3) is 10.9 Å². The summed E-state index contributed by atoms with van der Waals surface area (Å²) in [5, 5.41) is 0.0965. The van der Waals surface area contributed by atoms with Gasteiger partial charge in [-0.15, -0.1) is 0 Å². The fourth-order valence-corrected chi connectivity index (χ4v) is 6.90. The molecule has 1 aliphatic heterocycles. The van der Waals surface area contributed by atoms with Crippen molar-refractivity contribution in [3.8, 4) is 0 Å². The first-order valence-electron chi connectivity index (χ1n) is 12.0. The molecule has 0 saturated carbocycles. The van der Waals surface area contributed by atoms with Gasteiger partial charge < -0.3 is 9.47 Å². The average molecular weight is 485 g/mol. The van der Waals surface area contributed by atoms with E-state index in [0.717, 1.165) is 31.5 Å². The Bertz CT molecular complexity index is 1400. The lowest BCUT2D eigenvalue weighted by molar-refractivity contribution is 0.354. The second kappa shape index (κ2) is 9.17. The van der Waals surface area contributed by atoms with Gasteiger partial charge in [0.05, 0.1) is 21.5 Å². The molecule has 0 N–H and O–H groups in total. The number of nitrogens with zero attached hydrogens (tertiary/aromatic N) is 2. The highest BCUT2D eigenvalue weighted by Crippen LogP contribution is 2.32. The molecule has 0 bridgehead atoms. The van der Waals surface area contributed by atoms with Crippen LogP contribution in [0.5, 0.6) is 0 Å². The Balaban J connectivity index is 1.94. The van der Waals surface area contributed by atoms with Crippen molar-refractivity contribution >= 4 is 26.4 Å². The van der Waals surface area contributed by atoms with E-state index in [2.05, 4.69) is 18.7 Å². The SMILES string of the molecule is CCCn1cc(S(=O)(=O)c2cc(C)ccc2C)c(=O)c2cc(F)c(N3CC(C)CC(C)C3)cc21. The van der Waals surface area contributed by atoms with Gasteiger partial charge in [-0.1, -0.05) is 32.9 Å². The number of sulfone groups is 1. The molecule has 182 valence electrons. The van der Waals surface area contributed by atoms with Crippen molar-refractivity contribution < 1.29 is 12.8 Å². The maximum Gasteiger partial charge on any atom is 0.212 e. The smallest absolute Gasteiger partial charge is 0.212 e. The molecule has 2 aromatic carbocycles. The van der Waals surface area contributed by atoms with Gasteiger partial charge in [-0.2, -0.15) is 0 Å². The van der Waals surface area contributed by atoms with E-state index in [1.54, 1.807) is 29.7 Å². The third-order valence-corrected chi connectivity index (χ3v) is 8.60. The number of aromatic nitrogens is 1. The number of anilines is 1. The Kier molecular flexibility index (Phi) is 6.60. The lowest BCUT2D eigenvalue weighted by Gasteiger charge is -2.37. The Morgan fingerprint density at radius 3 is 2.35 bits per heavy atom. The third kappa shape index (κ3) is 4.38. The molecule has 7 heteroatoms. The number of benzene rings is 2. The Hall–Kier alpha value is -2.67. The number of hydrogen-bond donors (Lipinski definition) is 0. The number of pyridine rings is 1. The van der Waals surface area contributed by atoms with E-state index in [9.17, 15) is 13.2 Å². The highest BCUT2D eigenvalue weighted by atomic mass is 32.2. The number of halogens is 1. The van der Waals surface area contributed by atoms with Crippen LogP contribution in [0.15, 0.2) is 51.1 Å². The lowest BCUT2D eigenvalue weighted by atomic mass is 9.91. The Labute approximate surface area is 201 Å². The summed E-state index contributed by atoms with van der Waals surface area (Å²) in [7, 11) is -4.08. The van der Waals surface area contributed by atoms with Crippen LogP contribution in [0.2, 0.25) is 0 Å². The normalized spacial score (nSPS) is 19.1. The highest BCUT2D eigenvalue weighted by Gasteiger charge is 2.28. The summed E-state index contributed by atoms with van der Waals surface area (Å²) in [6, 6.07) is 8.11. The molecule has 3 aromatic rings. The zero-order valence-electron chi connectivity index (χ0n) is 20.6. The highest BCUT2D eigenvalue weighted by molar-refractivity contribution is 7.91. The number of aryl methyl sites for hydroxylation is 3. The van der Waals surface area contributed by atoms with Gasteiger partial charge in [-0.05, 0) is 67.9 Å². The minimum absolute atomic E-state index is 0.0965. The van der Waals surface area contributed by atoms with Crippen molar-refractivity contribution in [2.45, 2.75) is 63.8 Å². The topological polar surface area (TPSA) is 59.4 Å². The fourth-order valence-electron chi connectivity index (χ4n) is 5.21. The van der Waals surface area contributed by atoms with Crippen molar-refractivity contribution in [3.63, 3.8) is 0 Å². The maximum atomic E-state index is 15.4. The number of rotatable bonds is 5. The zero-order valence-corrected chi connectivity index (χ0v) is 21.4. The van der Waals surface area contributed by atoms with Crippen LogP contribution in [0.4, 0.5) is 10.1 Å². The number of hydrogen-bond acceptors (Lipinski definition) is 4. The third-order valence-electron chi connectivity index (χ3n) is 6.71. The fraction of sp³-hybridized carbons (Fsp3) is 0.444. The van der Waals surface area contributed by atoms with Crippen LogP contribution in [-0.2, 0) is 16.4 Å². The van der Waals surface area contributed by atoms with Gasteiger partial charge in [0.2, 0.25) is 15.3 Å². The molecule has 34 heavy (non-hydrogen) atoms. The van der Waals surface area contributed by atoms with Gasteiger partial charge in [0, 0.05) is 25.8 Å². The molecule has 0 aliphatic carbocycles. The molecular formula is C27H33FN2O3S. The molecule has 0 spiro atoms. The van der Waals surface area contributed by atoms with Crippen molar-refractivity contribution in [2.24, 2.45) is 11.8 Å². The van der Waals surface area contributed by atoms with Gasteiger partial charge in [0.15, 0.2) is 0 Å². The lowest BCUT2D eigenvalue weighted by Crippen LogP contribution is -2.39. The molecule has 2 unspecified atom stereocenters. The summed E-state index contributed by atoms with van der Waals surface area (Å²) >= 11 is 0. The first kappa shape index (κ1) is 24.5. The second-order valence-electron chi connectivity index (χ2n) is 9.96. The van der Waals surface area contributed by atoms with Gasteiger partial charge in [-0.3, -0.25) is 4.79 Å². The van der Waals surface area contributed by atoms with E-state index in [0.29, 0.717) is 35.1 Å². The van der Waals surface area contributed by atoms with Crippen LogP contribution < -0.4 is 10.3 Å². The first-order chi connectivity index (χ1) is 16.0. The Morgan fingerprint density at radius 1 is 1.03 bits per heavy atom. The number of fused-ring (bicyclic) bond motifs is 1. The predicted octanol–water partition coefficient (Wildman–Crippen LogP) is 5.48. The van der Waals surface area contributed by atoms with Crippen LogP contribution in [0, 0.1) is 31.5 Å². The second-order valence-corrected chi connectivity index (χ2v) is 11.8. The van der Waals surface area contributed by atoms with Crippen molar-refractivity contribution in [3.05, 3.63) is 63.7 Å². The van der Waals surface area contributed by atoms with Gasteiger partial charge in [0.1, 0.15) is 10.7 Å². The molecular weight excluding hydrogens is 451 g/mol. The minimum atomic E-state index is -4.08. The van der Waals surface area contributed by atoms with E-state index in [-0.39, 0.29) is 15.2 Å². The summed E-state index contributed by atoms with van der Waals surface area (Å²) in [6.45, 7) is 11.9. The van der Waals surface area contributed by atoms with E-state index in [1.807, 2.05) is 19.9 Å². The quantitative estimate of drug-likeness (QED) is 0.481. The van der Waals surface area contributed by atoms with Crippen LogP contribution in [0.1, 0.15) is 44.7 Å². The molecule has 2 heterocycles. The summed E-state index contributed by atoms with van der Waals surface area (Å²) in [5.74, 6) is 0.402. The van der Waals surface area contributed by atoms with E-state index in [4.69, 9.17) is 0 Å². The van der Waals surface area contributed by atoms with Crippen LogP contribution in [0.3, 0.4) is 0 Å².